The van der Waals surface area contributed by atoms with Crippen LogP contribution in [0.15, 0.2) is 61.3 Å². The summed E-state index contributed by atoms with van der Waals surface area (Å²) in [7, 11) is 1.93. The van der Waals surface area contributed by atoms with Crippen LogP contribution in [0.25, 0.3) is 22.2 Å². The first-order valence-electron chi connectivity index (χ1n) is 13.3. The summed E-state index contributed by atoms with van der Waals surface area (Å²) in [6, 6.07) is 13.3. The fourth-order valence-corrected chi connectivity index (χ4v) is 3.84. The van der Waals surface area contributed by atoms with Crippen LogP contribution in [0, 0.1) is 0 Å². The zero-order valence-electron chi connectivity index (χ0n) is 23.4. The molecule has 3 aromatic rings. The van der Waals surface area contributed by atoms with E-state index in [9.17, 15) is 9.59 Å². The number of rotatable bonds is 6. The number of thiol groups is 1. The van der Waals surface area contributed by atoms with Gasteiger partial charge in [0.25, 0.3) is 5.91 Å². The Labute approximate surface area is 233 Å². The van der Waals surface area contributed by atoms with E-state index in [4.69, 9.17) is 0 Å². The van der Waals surface area contributed by atoms with Crippen LogP contribution in [-0.2, 0) is 4.79 Å². The number of nitrogens with zero attached hydrogens (tertiary/aromatic N) is 2. The Morgan fingerprint density at radius 3 is 2.39 bits per heavy atom. The van der Waals surface area contributed by atoms with E-state index < -0.39 is 0 Å². The molecular weight excluding hydrogens is 494 g/mol. The molecule has 8 heteroatoms. The molecule has 0 spiro atoms. The summed E-state index contributed by atoms with van der Waals surface area (Å²) in [5.74, 6) is 0.0360. The number of hydrogen-bond acceptors (Lipinski definition) is 6. The highest BCUT2D eigenvalue weighted by Gasteiger charge is 2.18. The number of carbonyl (C=O) groups is 2. The van der Waals surface area contributed by atoms with Crippen LogP contribution in [0.5, 0.6) is 0 Å². The number of amides is 2. The number of hydrogen-bond donors (Lipinski definition) is 4. The Balaban J connectivity index is 0.000000811. The van der Waals surface area contributed by atoms with Gasteiger partial charge in [0.2, 0.25) is 5.91 Å². The quantitative estimate of drug-likeness (QED) is 0.219. The van der Waals surface area contributed by atoms with Gasteiger partial charge in [-0.1, -0.05) is 70.9 Å². The monoisotopic (exact) mass is 537 g/mol. The molecule has 7 nitrogen and oxygen atoms in total. The molecule has 1 aromatic heterocycles. The third-order valence-corrected chi connectivity index (χ3v) is 5.77. The highest BCUT2D eigenvalue weighted by atomic mass is 32.1. The summed E-state index contributed by atoms with van der Waals surface area (Å²) in [6.07, 6.45) is 10.1. The molecule has 2 amide bonds. The highest BCUT2D eigenvalue weighted by Crippen LogP contribution is 2.28. The minimum atomic E-state index is -0.273. The molecule has 0 radical (unpaired) electrons. The van der Waals surface area contributed by atoms with Crippen molar-refractivity contribution in [2.45, 2.75) is 58.9 Å². The Hall–Kier alpha value is -3.23. The van der Waals surface area contributed by atoms with Crippen LogP contribution >= 0.6 is 12.6 Å². The second kappa shape index (κ2) is 18.9. The summed E-state index contributed by atoms with van der Waals surface area (Å²) in [5, 5.41) is 10.7. The van der Waals surface area contributed by atoms with Crippen molar-refractivity contribution in [1.82, 2.24) is 20.6 Å². The summed E-state index contributed by atoms with van der Waals surface area (Å²) in [5.41, 5.74) is 1.82. The molecule has 206 valence electrons. The summed E-state index contributed by atoms with van der Waals surface area (Å²) in [6.45, 7) is 10.6. The Morgan fingerprint density at radius 1 is 1.08 bits per heavy atom. The van der Waals surface area contributed by atoms with Crippen molar-refractivity contribution in [1.29, 1.82) is 0 Å². The van der Waals surface area contributed by atoms with Gasteiger partial charge in [0, 0.05) is 28.9 Å². The standard InChI is InChI=1S/C24H24N4O2.C3H9N.C2H6.CH4S/c1-2-22(29)27-20-10-6-7-16-11-12-17(15-19(16)20)23-25-14-13-21(28-23)24(30)26-18-8-4-3-5-9-18;1-3-4-2;2*1-2/h2,6-7,10-15,18H,1,3-5,8-9H2,(H,26,30)(H,27,29);4H,3H2,1-2H3;1-2H3;2H,1H3. The van der Waals surface area contributed by atoms with Crippen LogP contribution < -0.4 is 16.0 Å². The van der Waals surface area contributed by atoms with Crippen molar-refractivity contribution in [2.75, 3.05) is 25.2 Å². The van der Waals surface area contributed by atoms with Gasteiger partial charge in [-0.2, -0.15) is 12.6 Å². The summed E-state index contributed by atoms with van der Waals surface area (Å²) in [4.78, 5) is 33.3. The second-order valence-electron chi connectivity index (χ2n) is 8.22. The van der Waals surface area contributed by atoms with Gasteiger partial charge in [0.05, 0.1) is 0 Å². The molecule has 1 aliphatic rings. The SMILES string of the molecule is C=CC(=O)Nc1cccc2ccc(-c3nccc(C(=O)NC4CCCCC4)n3)cc12.CC.CCNC.CS. The van der Waals surface area contributed by atoms with E-state index in [1.807, 2.05) is 57.3 Å². The van der Waals surface area contributed by atoms with Gasteiger partial charge in [0.15, 0.2) is 5.82 Å². The van der Waals surface area contributed by atoms with Crippen molar-refractivity contribution in [2.24, 2.45) is 0 Å². The number of carbonyl (C=O) groups excluding carboxylic acids is 2. The van der Waals surface area contributed by atoms with Gasteiger partial charge in [-0.3, -0.25) is 9.59 Å². The van der Waals surface area contributed by atoms with E-state index in [2.05, 4.69) is 52.0 Å². The molecule has 1 fully saturated rings. The first-order valence-corrected chi connectivity index (χ1v) is 14.1. The van der Waals surface area contributed by atoms with Gasteiger partial charge in [0.1, 0.15) is 5.69 Å². The van der Waals surface area contributed by atoms with Gasteiger partial charge in [-0.05, 0) is 62.4 Å². The number of anilines is 1. The van der Waals surface area contributed by atoms with Crippen LogP contribution in [0.3, 0.4) is 0 Å². The third-order valence-electron chi connectivity index (χ3n) is 5.77. The van der Waals surface area contributed by atoms with Gasteiger partial charge in [-0.15, -0.1) is 0 Å². The number of benzene rings is 2. The van der Waals surface area contributed by atoms with Crippen LogP contribution in [-0.4, -0.2) is 47.7 Å². The van der Waals surface area contributed by atoms with E-state index in [0.29, 0.717) is 17.2 Å². The predicted octanol–water partition coefficient (Wildman–Crippen LogP) is 6.28. The maximum atomic E-state index is 12.7. The molecule has 1 saturated carbocycles. The number of nitrogens with one attached hydrogen (secondary N) is 3. The van der Waals surface area contributed by atoms with Gasteiger partial charge < -0.3 is 16.0 Å². The maximum absolute atomic E-state index is 12.7. The third kappa shape index (κ3) is 10.3. The lowest BCUT2D eigenvalue weighted by Crippen LogP contribution is -2.36. The summed E-state index contributed by atoms with van der Waals surface area (Å²) < 4.78 is 0. The topological polar surface area (TPSA) is 96.0 Å². The van der Waals surface area contributed by atoms with Crippen molar-refractivity contribution >= 4 is 40.9 Å². The van der Waals surface area contributed by atoms with E-state index in [0.717, 1.165) is 48.6 Å². The van der Waals surface area contributed by atoms with Crippen molar-refractivity contribution in [3.05, 3.63) is 67.0 Å². The molecule has 38 heavy (non-hydrogen) atoms. The Kier molecular flexibility index (Phi) is 16.3. The molecule has 0 aliphatic heterocycles. The van der Waals surface area contributed by atoms with E-state index in [1.165, 1.54) is 12.5 Å². The van der Waals surface area contributed by atoms with Gasteiger partial charge in [-0.25, -0.2) is 9.97 Å². The van der Waals surface area contributed by atoms with Crippen LogP contribution in [0.1, 0.15) is 63.4 Å². The minimum Gasteiger partial charge on any atom is -0.348 e. The Morgan fingerprint density at radius 2 is 1.76 bits per heavy atom. The lowest BCUT2D eigenvalue weighted by molar-refractivity contribution is -0.111. The zero-order chi connectivity index (χ0) is 28.3. The molecule has 2 aromatic carbocycles. The second-order valence-corrected chi connectivity index (χ2v) is 8.22. The molecule has 1 aliphatic carbocycles. The fourth-order valence-electron chi connectivity index (χ4n) is 3.84. The van der Waals surface area contributed by atoms with Crippen molar-refractivity contribution in [3.63, 3.8) is 0 Å². The van der Waals surface area contributed by atoms with Crippen LogP contribution in [0.4, 0.5) is 5.69 Å². The molecule has 4 rings (SSSR count). The molecular formula is C30H43N5O2S. The molecule has 0 bridgehead atoms. The summed E-state index contributed by atoms with van der Waals surface area (Å²) >= 11 is 3.53. The molecule has 0 unspecified atom stereocenters. The smallest absolute Gasteiger partial charge is 0.270 e. The Bertz CT molecular complexity index is 1140. The van der Waals surface area contributed by atoms with E-state index in [1.54, 1.807) is 18.5 Å². The lowest BCUT2D eigenvalue weighted by Gasteiger charge is -2.22. The zero-order valence-corrected chi connectivity index (χ0v) is 24.3. The molecule has 3 N–H and O–H groups in total. The largest absolute Gasteiger partial charge is 0.348 e. The normalized spacial score (nSPS) is 12.4. The van der Waals surface area contributed by atoms with Crippen molar-refractivity contribution < 1.29 is 9.59 Å². The fraction of sp³-hybridized carbons (Fsp3) is 0.400. The first-order chi connectivity index (χ1) is 18.5. The first kappa shape index (κ1) is 32.8. The molecule has 0 saturated heterocycles. The molecule has 0 atom stereocenters. The minimum absolute atomic E-state index is 0.162. The molecule has 1 heterocycles. The van der Waals surface area contributed by atoms with Crippen molar-refractivity contribution in [3.8, 4) is 11.4 Å². The number of aromatic nitrogens is 2. The lowest BCUT2D eigenvalue weighted by atomic mass is 9.95. The average molecular weight is 538 g/mol. The van der Waals surface area contributed by atoms with Crippen LogP contribution in [0.2, 0.25) is 0 Å². The average Bonchev–Trinajstić information content (AvgIpc) is 2.99. The van der Waals surface area contributed by atoms with Gasteiger partial charge >= 0.3 is 0 Å². The highest BCUT2D eigenvalue weighted by molar-refractivity contribution is 7.79. The maximum Gasteiger partial charge on any atom is 0.270 e. The predicted molar refractivity (Wildman–Crippen MR) is 164 cm³/mol. The van der Waals surface area contributed by atoms with E-state index in [-0.39, 0.29) is 17.9 Å². The van der Waals surface area contributed by atoms with E-state index >= 15 is 0 Å². The number of fused-ring (bicyclic) bond motifs is 1.